The maximum atomic E-state index is 9.89. The van der Waals surface area contributed by atoms with E-state index in [9.17, 15) is 4.79 Å². The Morgan fingerprint density at radius 1 is 1.38 bits per heavy atom. The van der Waals surface area contributed by atoms with Gasteiger partial charge in [-0.25, -0.2) is 0 Å². The third-order valence-electron chi connectivity index (χ3n) is 0.839. The lowest BCUT2D eigenvalue weighted by atomic mass is 10.1. The van der Waals surface area contributed by atoms with Gasteiger partial charge in [-0.15, -0.1) is 0 Å². The van der Waals surface area contributed by atoms with Crippen LogP contribution < -0.4 is 0 Å². The van der Waals surface area contributed by atoms with E-state index < -0.39 is 5.97 Å². The summed E-state index contributed by atoms with van der Waals surface area (Å²) in [6.45, 7) is 3.87. The zero-order valence-corrected chi connectivity index (χ0v) is 5.27. The summed E-state index contributed by atoms with van der Waals surface area (Å²) < 4.78 is 0. The van der Waals surface area contributed by atoms with Gasteiger partial charge in [-0.3, -0.25) is 4.79 Å². The Hall–Kier alpha value is -0.530. The lowest BCUT2D eigenvalue weighted by Crippen LogP contribution is -1.95. The number of carboxylic acids is 1. The Balaban J connectivity index is 3.05. The van der Waals surface area contributed by atoms with Crippen LogP contribution in [0, 0.1) is 5.92 Å². The molecule has 0 heterocycles. The van der Waals surface area contributed by atoms with E-state index in [1.807, 2.05) is 13.8 Å². The zero-order valence-electron chi connectivity index (χ0n) is 5.27. The molecular weight excluding hydrogens is 104 g/mol. The maximum Gasteiger partial charge on any atom is 0.303 e. The Morgan fingerprint density at radius 3 is 2.00 bits per heavy atom. The van der Waals surface area contributed by atoms with Gasteiger partial charge in [0.1, 0.15) is 0 Å². The number of aliphatic carboxylic acids is 1. The van der Waals surface area contributed by atoms with Gasteiger partial charge in [0.25, 0.3) is 0 Å². The highest BCUT2D eigenvalue weighted by molar-refractivity contribution is 5.66. The maximum absolute atomic E-state index is 9.89. The average Bonchev–Trinajstić information content (AvgIpc) is 1.61. The van der Waals surface area contributed by atoms with Gasteiger partial charge in [0.05, 0.1) is 0 Å². The second-order valence-electron chi connectivity index (χ2n) is 2.10. The van der Waals surface area contributed by atoms with Crippen LogP contribution in [0.2, 0.25) is 0 Å². The van der Waals surface area contributed by atoms with Crippen LogP contribution in [0.5, 0.6) is 0 Å². The predicted octanol–water partition coefficient (Wildman–Crippen LogP) is 1.47. The molecule has 0 saturated carbocycles. The molecule has 1 N–H and O–H groups in total. The van der Waals surface area contributed by atoms with E-state index in [2.05, 4.69) is 0 Å². The molecule has 0 aromatic carbocycles. The Morgan fingerprint density at radius 2 is 1.88 bits per heavy atom. The Bertz CT molecular complexity index is 76.6. The summed E-state index contributed by atoms with van der Waals surface area (Å²) in [7, 11) is 0. The molecule has 8 heavy (non-hydrogen) atoms. The summed E-state index contributed by atoms with van der Waals surface area (Å²) in [6.07, 6.45) is 0.970. The fourth-order valence-corrected chi connectivity index (χ4v) is 0.357. The summed E-state index contributed by atoms with van der Waals surface area (Å²) in [5, 5.41) is 8.15. The summed E-state index contributed by atoms with van der Waals surface area (Å²) in [5.74, 6) is 0.457. The quantitative estimate of drug-likeness (QED) is 0.604. The highest BCUT2D eigenvalue weighted by atomic mass is 16.4. The highest BCUT2D eigenvalue weighted by Crippen LogP contribution is 2.04. The topological polar surface area (TPSA) is 37.3 Å². The van der Waals surface area contributed by atoms with Crippen LogP contribution in [-0.2, 0) is 4.79 Å². The zero-order chi connectivity index (χ0) is 6.57. The number of rotatable bonds is 3. The van der Waals surface area contributed by atoms with Crippen LogP contribution in [0.25, 0.3) is 0 Å². The van der Waals surface area contributed by atoms with Crippen LogP contribution in [0.1, 0.15) is 26.7 Å². The molecule has 0 saturated heterocycles. The van der Waals surface area contributed by atoms with Crippen LogP contribution in [0.3, 0.4) is 0 Å². The molecule has 0 aliphatic rings. The van der Waals surface area contributed by atoms with Crippen LogP contribution in [-0.4, -0.2) is 11.1 Å². The van der Waals surface area contributed by atoms with Crippen LogP contribution in [0.4, 0.5) is 0 Å². The molecule has 0 aliphatic carbocycles. The third kappa shape index (κ3) is 5.47. The number of carboxylic acid groups (broad SMARTS) is 1. The first-order valence-corrected chi connectivity index (χ1v) is 2.63. The first-order valence-electron chi connectivity index (χ1n) is 2.63. The van der Waals surface area contributed by atoms with Crippen LogP contribution >= 0.6 is 0 Å². The summed E-state index contributed by atoms with van der Waals surface area (Å²) >= 11 is 0. The van der Waals surface area contributed by atoms with E-state index in [1.165, 1.54) is 5.92 Å². The second kappa shape index (κ2) is 3.47. The Kier molecular flexibility index (Phi) is 3.24. The van der Waals surface area contributed by atoms with Gasteiger partial charge in [0.2, 0.25) is 0 Å². The molecule has 2 nitrogen and oxygen atoms in total. The van der Waals surface area contributed by atoms with Gasteiger partial charge >= 0.3 is 5.97 Å². The fourth-order valence-electron chi connectivity index (χ4n) is 0.357. The van der Waals surface area contributed by atoms with E-state index in [0.29, 0.717) is 6.42 Å². The van der Waals surface area contributed by atoms with Crippen molar-refractivity contribution in [1.82, 2.24) is 0 Å². The average molecular weight is 115 g/mol. The third-order valence-corrected chi connectivity index (χ3v) is 0.839. The predicted molar refractivity (Wildman–Crippen MR) is 31.5 cm³/mol. The molecule has 47 valence electrons. The SMILES string of the molecule is C[C](C)CCC(=O)O. The minimum Gasteiger partial charge on any atom is -0.481 e. The van der Waals surface area contributed by atoms with Crippen LogP contribution in [0.15, 0.2) is 0 Å². The molecule has 0 spiro atoms. The lowest BCUT2D eigenvalue weighted by Gasteiger charge is -1.97. The minimum absolute atomic E-state index is 0.266. The molecule has 0 aromatic rings. The summed E-state index contributed by atoms with van der Waals surface area (Å²) in [6, 6.07) is 0. The van der Waals surface area contributed by atoms with Gasteiger partial charge < -0.3 is 5.11 Å². The van der Waals surface area contributed by atoms with Crippen molar-refractivity contribution in [2.24, 2.45) is 0 Å². The molecular formula is C6H11O2. The lowest BCUT2D eigenvalue weighted by molar-refractivity contribution is -0.137. The largest absolute Gasteiger partial charge is 0.481 e. The standard InChI is InChI=1S/C6H11O2/c1-5(2)3-4-6(7)8/h3-4H2,1-2H3,(H,7,8). The van der Waals surface area contributed by atoms with Crippen molar-refractivity contribution >= 4 is 5.97 Å². The van der Waals surface area contributed by atoms with Crippen molar-refractivity contribution in [2.75, 3.05) is 0 Å². The molecule has 0 unspecified atom stereocenters. The van der Waals surface area contributed by atoms with Gasteiger partial charge in [-0.05, 0) is 12.3 Å². The minimum atomic E-state index is -0.716. The Labute approximate surface area is 49.5 Å². The summed E-state index contributed by atoms with van der Waals surface area (Å²) in [4.78, 5) is 9.89. The summed E-state index contributed by atoms with van der Waals surface area (Å²) in [5.41, 5.74) is 0. The monoisotopic (exact) mass is 115 g/mol. The molecule has 0 amide bonds. The molecule has 0 fully saturated rings. The van der Waals surface area contributed by atoms with Crippen molar-refractivity contribution in [3.8, 4) is 0 Å². The van der Waals surface area contributed by atoms with E-state index in [4.69, 9.17) is 5.11 Å². The van der Waals surface area contributed by atoms with Gasteiger partial charge in [0.15, 0.2) is 0 Å². The van der Waals surface area contributed by atoms with Gasteiger partial charge in [0, 0.05) is 6.42 Å². The molecule has 2 heteroatoms. The molecule has 0 rings (SSSR count). The second-order valence-corrected chi connectivity index (χ2v) is 2.10. The van der Waals surface area contributed by atoms with E-state index in [1.54, 1.807) is 0 Å². The normalized spacial score (nSPS) is 9.88. The van der Waals surface area contributed by atoms with Crippen molar-refractivity contribution in [3.05, 3.63) is 5.92 Å². The smallest absolute Gasteiger partial charge is 0.303 e. The van der Waals surface area contributed by atoms with E-state index >= 15 is 0 Å². The van der Waals surface area contributed by atoms with Crippen molar-refractivity contribution < 1.29 is 9.90 Å². The molecule has 1 radical (unpaired) electrons. The first kappa shape index (κ1) is 7.47. The number of carbonyl (C=O) groups is 1. The fraction of sp³-hybridized carbons (Fsp3) is 0.667. The molecule has 0 bridgehead atoms. The van der Waals surface area contributed by atoms with Crippen molar-refractivity contribution in [1.29, 1.82) is 0 Å². The molecule has 0 aromatic heterocycles. The number of hydrogen-bond donors (Lipinski definition) is 1. The van der Waals surface area contributed by atoms with Crippen molar-refractivity contribution in [3.63, 3.8) is 0 Å². The van der Waals surface area contributed by atoms with E-state index in [0.717, 1.165) is 0 Å². The van der Waals surface area contributed by atoms with E-state index in [-0.39, 0.29) is 6.42 Å². The van der Waals surface area contributed by atoms with Gasteiger partial charge in [-0.2, -0.15) is 0 Å². The molecule has 0 aliphatic heterocycles. The number of hydrogen-bond acceptors (Lipinski definition) is 1. The van der Waals surface area contributed by atoms with Gasteiger partial charge in [-0.1, -0.05) is 13.8 Å². The molecule has 0 atom stereocenters. The first-order chi connectivity index (χ1) is 3.63. The highest BCUT2D eigenvalue weighted by Gasteiger charge is 1.98. The van der Waals surface area contributed by atoms with Crippen molar-refractivity contribution in [2.45, 2.75) is 26.7 Å².